The van der Waals surface area contributed by atoms with Crippen molar-refractivity contribution in [2.75, 3.05) is 4.31 Å². The fourth-order valence-corrected chi connectivity index (χ4v) is 3.74. The van der Waals surface area contributed by atoms with Crippen molar-refractivity contribution in [2.24, 2.45) is 0 Å². The minimum atomic E-state index is -4.04. The summed E-state index contributed by atoms with van der Waals surface area (Å²) in [5, 5.41) is 0. The summed E-state index contributed by atoms with van der Waals surface area (Å²) in [6.07, 6.45) is 0.786. The Kier molecular flexibility index (Phi) is 5.58. The number of aryl methyl sites for hydroxylation is 1. The quantitative estimate of drug-likeness (QED) is 0.604. The van der Waals surface area contributed by atoms with Crippen molar-refractivity contribution in [1.29, 1.82) is 0 Å². The second-order valence-electron chi connectivity index (χ2n) is 5.37. The molecule has 1 amide bonds. The first-order valence-electron chi connectivity index (χ1n) is 7.69. The zero-order chi connectivity index (χ0) is 18.6. The average molecular weight is 361 g/mol. The van der Waals surface area contributed by atoms with Gasteiger partial charge in [0.25, 0.3) is 10.0 Å². The van der Waals surface area contributed by atoms with Crippen molar-refractivity contribution in [3.8, 4) is 5.75 Å². The summed E-state index contributed by atoms with van der Waals surface area (Å²) in [6, 6.07) is 12.1. The molecule has 0 aliphatic rings. The van der Waals surface area contributed by atoms with Crippen LogP contribution in [0.15, 0.2) is 53.4 Å². The van der Waals surface area contributed by atoms with Crippen LogP contribution in [0.4, 0.5) is 5.69 Å². The van der Waals surface area contributed by atoms with Gasteiger partial charge in [0, 0.05) is 13.8 Å². The highest BCUT2D eigenvalue weighted by molar-refractivity contribution is 7.93. The van der Waals surface area contributed by atoms with E-state index in [2.05, 4.69) is 0 Å². The number of ether oxygens (including phenoxy) is 1. The third-order valence-corrected chi connectivity index (χ3v) is 5.31. The molecule has 0 unspecified atom stereocenters. The van der Waals surface area contributed by atoms with Crippen molar-refractivity contribution in [3.63, 3.8) is 0 Å². The molecule has 132 valence electrons. The van der Waals surface area contributed by atoms with E-state index < -0.39 is 21.9 Å². The van der Waals surface area contributed by atoms with Crippen LogP contribution in [0.1, 0.15) is 26.3 Å². The maximum absolute atomic E-state index is 12.9. The Labute approximate surface area is 147 Å². The number of anilines is 1. The minimum absolute atomic E-state index is 0.0314. The molecule has 0 saturated heterocycles. The van der Waals surface area contributed by atoms with Crippen LogP contribution in [0.2, 0.25) is 0 Å². The van der Waals surface area contributed by atoms with Gasteiger partial charge in [-0.2, -0.15) is 0 Å². The second-order valence-corrected chi connectivity index (χ2v) is 7.16. The predicted molar refractivity (Wildman–Crippen MR) is 93.9 cm³/mol. The van der Waals surface area contributed by atoms with Gasteiger partial charge in [-0.05, 0) is 48.4 Å². The summed E-state index contributed by atoms with van der Waals surface area (Å²) < 4.78 is 31.4. The van der Waals surface area contributed by atoms with Crippen LogP contribution in [0.5, 0.6) is 5.75 Å². The summed E-state index contributed by atoms with van der Waals surface area (Å²) in [5.74, 6) is -0.857. The molecular formula is C18H19NO5S. The highest BCUT2D eigenvalue weighted by Gasteiger charge is 2.28. The van der Waals surface area contributed by atoms with E-state index in [4.69, 9.17) is 4.74 Å². The highest BCUT2D eigenvalue weighted by Crippen LogP contribution is 2.26. The van der Waals surface area contributed by atoms with Crippen LogP contribution in [-0.4, -0.2) is 20.3 Å². The number of amides is 1. The Morgan fingerprint density at radius 1 is 0.960 bits per heavy atom. The Morgan fingerprint density at radius 3 is 1.96 bits per heavy atom. The largest absolute Gasteiger partial charge is 0.427 e. The molecule has 7 heteroatoms. The fraction of sp³-hybridized carbons (Fsp3) is 0.222. The molecule has 0 radical (unpaired) electrons. The van der Waals surface area contributed by atoms with E-state index in [1.54, 1.807) is 12.1 Å². The van der Waals surface area contributed by atoms with Gasteiger partial charge in [-0.1, -0.05) is 19.1 Å². The van der Waals surface area contributed by atoms with Gasteiger partial charge in [0.2, 0.25) is 5.91 Å². The normalized spacial score (nSPS) is 11.0. The first kappa shape index (κ1) is 18.7. The molecule has 25 heavy (non-hydrogen) atoms. The van der Waals surface area contributed by atoms with E-state index in [1.165, 1.54) is 50.2 Å². The summed E-state index contributed by atoms with van der Waals surface area (Å²) in [4.78, 5) is 23.0. The molecule has 0 aromatic heterocycles. The molecule has 2 aromatic rings. The molecule has 6 nitrogen and oxygen atoms in total. The first-order valence-corrected chi connectivity index (χ1v) is 9.13. The molecule has 0 aliphatic carbocycles. The first-order chi connectivity index (χ1) is 11.8. The van der Waals surface area contributed by atoms with E-state index in [-0.39, 0.29) is 16.3 Å². The molecule has 0 bridgehead atoms. The van der Waals surface area contributed by atoms with Gasteiger partial charge < -0.3 is 4.74 Å². The van der Waals surface area contributed by atoms with E-state index in [1.807, 2.05) is 6.92 Å². The predicted octanol–water partition coefficient (Wildman–Crippen LogP) is 2.92. The van der Waals surface area contributed by atoms with E-state index in [0.717, 1.165) is 16.3 Å². The SMILES string of the molecule is CCc1ccc(S(=O)(=O)N(C(C)=O)c2ccc(OC(C)=O)cc2)cc1. The molecule has 0 spiro atoms. The molecule has 2 rings (SSSR count). The van der Waals surface area contributed by atoms with Crippen molar-refractivity contribution < 1.29 is 22.7 Å². The van der Waals surface area contributed by atoms with Crippen LogP contribution in [0.3, 0.4) is 0 Å². The van der Waals surface area contributed by atoms with Gasteiger partial charge >= 0.3 is 5.97 Å². The van der Waals surface area contributed by atoms with Crippen LogP contribution in [0.25, 0.3) is 0 Å². The lowest BCUT2D eigenvalue weighted by atomic mass is 10.2. The number of sulfonamides is 1. The van der Waals surface area contributed by atoms with Crippen LogP contribution < -0.4 is 9.04 Å². The Hall–Kier alpha value is -2.67. The summed E-state index contributed by atoms with van der Waals surface area (Å²) in [7, 11) is -4.04. The molecule has 0 heterocycles. The zero-order valence-electron chi connectivity index (χ0n) is 14.2. The number of hydrogen-bond donors (Lipinski definition) is 0. The maximum Gasteiger partial charge on any atom is 0.308 e. The van der Waals surface area contributed by atoms with Gasteiger partial charge in [0.05, 0.1) is 10.6 Å². The molecular weight excluding hydrogens is 342 g/mol. The third kappa shape index (κ3) is 4.24. The van der Waals surface area contributed by atoms with Crippen molar-refractivity contribution >= 4 is 27.6 Å². The van der Waals surface area contributed by atoms with Crippen molar-refractivity contribution in [1.82, 2.24) is 0 Å². The van der Waals surface area contributed by atoms with Gasteiger partial charge in [-0.15, -0.1) is 0 Å². The monoisotopic (exact) mass is 361 g/mol. The molecule has 0 atom stereocenters. The molecule has 2 aromatic carbocycles. The Balaban J connectivity index is 2.42. The van der Waals surface area contributed by atoms with E-state index >= 15 is 0 Å². The summed E-state index contributed by atoms with van der Waals surface area (Å²) in [6.45, 7) is 4.41. The number of nitrogens with zero attached hydrogens (tertiary/aromatic N) is 1. The molecule has 0 aliphatic heterocycles. The van der Waals surface area contributed by atoms with Crippen molar-refractivity contribution in [3.05, 3.63) is 54.1 Å². The summed E-state index contributed by atoms with van der Waals surface area (Å²) >= 11 is 0. The third-order valence-electron chi connectivity index (χ3n) is 3.49. The number of benzene rings is 2. The Morgan fingerprint density at radius 2 is 1.52 bits per heavy atom. The van der Waals surface area contributed by atoms with Gasteiger partial charge in [0.15, 0.2) is 0 Å². The van der Waals surface area contributed by atoms with E-state index in [0.29, 0.717) is 0 Å². The van der Waals surface area contributed by atoms with Gasteiger partial charge in [-0.3, -0.25) is 9.59 Å². The lowest BCUT2D eigenvalue weighted by Gasteiger charge is -2.21. The average Bonchev–Trinajstić information content (AvgIpc) is 2.55. The lowest BCUT2D eigenvalue weighted by Crippen LogP contribution is -2.35. The maximum atomic E-state index is 12.9. The lowest BCUT2D eigenvalue weighted by molar-refractivity contribution is -0.131. The topological polar surface area (TPSA) is 80.8 Å². The van der Waals surface area contributed by atoms with Crippen LogP contribution in [-0.2, 0) is 26.0 Å². The number of hydrogen-bond acceptors (Lipinski definition) is 5. The zero-order valence-corrected chi connectivity index (χ0v) is 15.0. The number of carbonyl (C=O) groups excluding carboxylic acids is 2. The molecule has 0 N–H and O–H groups in total. The van der Waals surface area contributed by atoms with Gasteiger partial charge in [-0.25, -0.2) is 12.7 Å². The second kappa shape index (κ2) is 7.48. The highest BCUT2D eigenvalue weighted by atomic mass is 32.2. The van der Waals surface area contributed by atoms with Crippen LogP contribution >= 0.6 is 0 Å². The molecule has 0 saturated carbocycles. The van der Waals surface area contributed by atoms with Crippen LogP contribution in [0, 0.1) is 0 Å². The number of carbonyl (C=O) groups is 2. The van der Waals surface area contributed by atoms with Crippen molar-refractivity contribution in [2.45, 2.75) is 32.1 Å². The van der Waals surface area contributed by atoms with E-state index in [9.17, 15) is 18.0 Å². The Bertz CT molecular complexity index is 871. The standard InChI is InChI=1S/C18H19NO5S/c1-4-15-5-11-18(12-6-15)25(22,23)19(13(2)20)16-7-9-17(10-8-16)24-14(3)21/h5-12H,4H2,1-3H3. The number of rotatable bonds is 5. The number of esters is 1. The minimum Gasteiger partial charge on any atom is -0.427 e. The fourth-order valence-electron chi connectivity index (χ4n) is 2.31. The van der Waals surface area contributed by atoms with Gasteiger partial charge in [0.1, 0.15) is 5.75 Å². The smallest absolute Gasteiger partial charge is 0.308 e. The molecule has 0 fully saturated rings. The summed E-state index contributed by atoms with van der Waals surface area (Å²) in [5.41, 5.74) is 1.17.